The Morgan fingerprint density at radius 2 is 2.15 bits per heavy atom. The van der Waals surface area contributed by atoms with E-state index in [9.17, 15) is 14.3 Å². The van der Waals surface area contributed by atoms with Crippen molar-refractivity contribution in [3.8, 4) is 0 Å². The van der Waals surface area contributed by atoms with Crippen LogP contribution in [0.15, 0.2) is 39.1 Å². The Kier molecular flexibility index (Phi) is 7.29. The first kappa shape index (κ1) is 22.1. The van der Waals surface area contributed by atoms with Gasteiger partial charge in [-0.05, 0) is 42.7 Å². The molecule has 1 aliphatic rings. The van der Waals surface area contributed by atoms with Gasteiger partial charge in [0.1, 0.15) is 18.1 Å². The number of hydrogen-bond donors (Lipinski definition) is 1. The van der Waals surface area contributed by atoms with E-state index < -0.39 is 25.5 Å². The van der Waals surface area contributed by atoms with Gasteiger partial charge in [-0.25, -0.2) is 19.1 Å². The minimum Gasteiger partial charge on any atom is -0.465 e. The Hall–Kier alpha value is -1.16. The van der Waals surface area contributed by atoms with Crippen molar-refractivity contribution in [2.45, 2.75) is 38.1 Å². The molecule has 0 fully saturated rings. The van der Waals surface area contributed by atoms with Crippen molar-refractivity contribution in [2.24, 2.45) is 4.99 Å². The van der Waals surface area contributed by atoms with Crippen LogP contribution >= 0.6 is 27.7 Å². The summed E-state index contributed by atoms with van der Waals surface area (Å²) in [5.74, 6) is -0.395. The van der Waals surface area contributed by atoms with E-state index in [2.05, 4.69) is 40.6 Å². The summed E-state index contributed by atoms with van der Waals surface area (Å²) >= 11 is 4.53. The minimum absolute atomic E-state index is 0.101. The summed E-state index contributed by atoms with van der Waals surface area (Å²) in [6.45, 7) is 8.85. The highest BCUT2D eigenvalue weighted by Gasteiger charge is 2.32. The van der Waals surface area contributed by atoms with E-state index in [0.717, 1.165) is 15.4 Å². The summed E-state index contributed by atoms with van der Waals surface area (Å²) in [4.78, 5) is 17.3. The Morgan fingerprint density at radius 1 is 1.44 bits per heavy atom. The fourth-order valence-electron chi connectivity index (χ4n) is 2.38. The van der Waals surface area contributed by atoms with Crippen LogP contribution in [0, 0.1) is 5.82 Å². The number of amides is 1. The summed E-state index contributed by atoms with van der Waals surface area (Å²) in [6, 6.07) is 5.58. The number of rotatable bonds is 6. The van der Waals surface area contributed by atoms with Gasteiger partial charge in [0, 0.05) is 24.7 Å². The average molecular weight is 475 g/mol. The largest absolute Gasteiger partial charge is 0.465 e. The van der Waals surface area contributed by atoms with Crippen molar-refractivity contribution in [2.75, 3.05) is 13.3 Å². The van der Waals surface area contributed by atoms with Gasteiger partial charge in [0.05, 0.1) is 0 Å². The molecule has 2 rings (SSSR count). The highest BCUT2D eigenvalue weighted by molar-refractivity contribution is 9.10. The van der Waals surface area contributed by atoms with Gasteiger partial charge in [-0.2, -0.15) is 0 Å². The lowest BCUT2D eigenvalue weighted by Gasteiger charge is -2.30. The molecule has 27 heavy (non-hydrogen) atoms. The molecule has 9 heteroatoms. The summed E-state index contributed by atoms with van der Waals surface area (Å²) in [7, 11) is -1.26. The van der Waals surface area contributed by atoms with Gasteiger partial charge < -0.3 is 9.84 Å². The third-order valence-corrected chi connectivity index (χ3v) is 7.04. The normalized spacial score (nSPS) is 19.7. The molecule has 1 aliphatic heterocycles. The zero-order valence-electron chi connectivity index (χ0n) is 15.8. The second-order valence-corrected chi connectivity index (χ2v) is 15.1. The molecule has 1 atom stereocenters. The van der Waals surface area contributed by atoms with Crippen molar-refractivity contribution in [3.05, 3.63) is 45.5 Å². The Bertz CT molecular complexity index is 769. The van der Waals surface area contributed by atoms with E-state index >= 15 is 0 Å². The number of ether oxygens (including phenoxy) is 1. The van der Waals surface area contributed by atoms with Crippen molar-refractivity contribution in [3.63, 3.8) is 0 Å². The summed E-state index contributed by atoms with van der Waals surface area (Å²) < 4.78 is 20.7. The third kappa shape index (κ3) is 6.17. The topological polar surface area (TPSA) is 62.1 Å². The van der Waals surface area contributed by atoms with E-state index in [1.807, 2.05) is 0 Å². The monoisotopic (exact) mass is 474 g/mol. The first-order chi connectivity index (χ1) is 12.5. The lowest BCUT2D eigenvalue weighted by Crippen LogP contribution is -2.39. The highest BCUT2D eigenvalue weighted by Crippen LogP contribution is 2.36. The summed E-state index contributed by atoms with van der Waals surface area (Å²) in [5.41, 5.74) is -0.628. The predicted octanol–water partition coefficient (Wildman–Crippen LogP) is 5.71. The second kappa shape index (κ2) is 8.89. The van der Waals surface area contributed by atoms with Crippen molar-refractivity contribution < 1.29 is 19.0 Å². The molecule has 1 N–H and O–H groups in total. The molecule has 1 unspecified atom stereocenters. The van der Waals surface area contributed by atoms with Crippen LogP contribution in [0.5, 0.6) is 0 Å². The van der Waals surface area contributed by atoms with Crippen LogP contribution in [0.3, 0.4) is 0 Å². The molecule has 0 radical (unpaired) electrons. The number of thioether (sulfide) groups is 1. The quantitative estimate of drug-likeness (QED) is 0.325. The standard InChI is InChI=1S/C18H24BrFN2O3SSi/c1-18(14-11-13(19)5-6-15(14)20)7-9-26-16(21-18)22(17(23)24)12-25-8-10-27(2,3)4/h5-7,9,11H,8,10,12H2,1-4H3,(H,23,24). The number of amidine groups is 1. The molecular weight excluding hydrogens is 451 g/mol. The first-order valence-corrected chi connectivity index (χ1v) is 13.9. The Balaban J connectivity index is 2.21. The number of carbonyl (C=O) groups is 1. The van der Waals surface area contributed by atoms with E-state index in [4.69, 9.17) is 4.74 Å². The van der Waals surface area contributed by atoms with Crippen molar-refractivity contribution in [1.29, 1.82) is 0 Å². The minimum atomic E-state index is -1.26. The molecule has 0 spiro atoms. The molecule has 148 valence electrons. The van der Waals surface area contributed by atoms with Crippen LogP contribution in [0.25, 0.3) is 0 Å². The molecule has 1 aromatic carbocycles. The lowest BCUT2D eigenvalue weighted by molar-refractivity contribution is 0.0705. The molecule has 0 bridgehead atoms. The number of benzene rings is 1. The smallest absolute Gasteiger partial charge is 0.415 e. The predicted molar refractivity (Wildman–Crippen MR) is 114 cm³/mol. The van der Waals surface area contributed by atoms with Gasteiger partial charge in [0.25, 0.3) is 0 Å². The maximum absolute atomic E-state index is 14.4. The van der Waals surface area contributed by atoms with Gasteiger partial charge in [0.15, 0.2) is 5.17 Å². The van der Waals surface area contributed by atoms with Crippen LogP contribution in [-0.2, 0) is 10.3 Å². The maximum atomic E-state index is 14.4. The Morgan fingerprint density at radius 3 is 2.78 bits per heavy atom. The second-order valence-electron chi connectivity index (χ2n) is 7.65. The average Bonchev–Trinajstić information content (AvgIpc) is 2.55. The van der Waals surface area contributed by atoms with Crippen LogP contribution in [0.1, 0.15) is 12.5 Å². The molecular formula is C18H24BrFN2O3SSi. The van der Waals surface area contributed by atoms with Crippen LogP contribution in [-0.4, -0.2) is 42.7 Å². The molecule has 0 aliphatic carbocycles. The molecule has 0 saturated carbocycles. The maximum Gasteiger partial charge on any atom is 0.415 e. The molecule has 1 amide bonds. The number of carboxylic acid groups (broad SMARTS) is 1. The molecule has 5 nitrogen and oxygen atoms in total. The van der Waals surface area contributed by atoms with Crippen LogP contribution < -0.4 is 0 Å². The zero-order chi connectivity index (χ0) is 20.2. The van der Waals surface area contributed by atoms with E-state index in [1.54, 1.807) is 30.5 Å². The van der Waals surface area contributed by atoms with E-state index in [0.29, 0.717) is 12.2 Å². The SMILES string of the molecule is CC1(c2cc(Br)ccc2F)C=CSC(N(COCC[Si](C)(C)C)C(=O)O)=N1. The molecule has 1 aromatic rings. The number of hydrogen-bond acceptors (Lipinski definition) is 4. The Labute approximate surface area is 172 Å². The summed E-state index contributed by atoms with van der Waals surface area (Å²) in [6.07, 6.45) is 0.611. The van der Waals surface area contributed by atoms with Crippen LogP contribution in [0.4, 0.5) is 9.18 Å². The van der Waals surface area contributed by atoms with Crippen molar-refractivity contribution in [1.82, 2.24) is 4.90 Å². The molecule has 1 heterocycles. The van der Waals surface area contributed by atoms with Crippen LogP contribution in [0.2, 0.25) is 25.7 Å². The fourth-order valence-corrected chi connectivity index (χ4v) is 4.45. The zero-order valence-corrected chi connectivity index (χ0v) is 19.2. The van der Waals surface area contributed by atoms with Gasteiger partial charge in [-0.15, -0.1) is 0 Å². The fraction of sp³-hybridized carbons (Fsp3) is 0.444. The van der Waals surface area contributed by atoms with Crippen molar-refractivity contribution >= 4 is 47.0 Å². The number of aliphatic imine (C=N–C) groups is 1. The van der Waals surface area contributed by atoms with E-state index in [-0.39, 0.29) is 11.9 Å². The number of halogens is 2. The molecule has 0 saturated heterocycles. The number of nitrogens with zero attached hydrogens (tertiary/aromatic N) is 2. The highest BCUT2D eigenvalue weighted by atomic mass is 79.9. The van der Waals surface area contributed by atoms with Gasteiger partial charge in [0.2, 0.25) is 0 Å². The third-order valence-electron chi connectivity index (χ3n) is 4.05. The lowest BCUT2D eigenvalue weighted by atomic mass is 9.92. The summed E-state index contributed by atoms with van der Waals surface area (Å²) in [5, 5.41) is 11.6. The first-order valence-electron chi connectivity index (χ1n) is 8.50. The van der Waals surface area contributed by atoms with Gasteiger partial charge >= 0.3 is 6.09 Å². The van der Waals surface area contributed by atoms with Gasteiger partial charge in [-0.3, -0.25) is 0 Å². The molecule has 0 aromatic heterocycles. The van der Waals surface area contributed by atoms with E-state index in [1.165, 1.54) is 17.8 Å². The van der Waals surface area contributed by atoms with Gasteiger partial charge in [-0.1, -0.05) is 47.3 Å².